The molecule has 1 amide bonds. The van der Waals surface area contributed by atoms with Crippen molar-refractivity contribution in [2.45, 2.75) is 71.3 Å². The minimum Gasteiger partial charge on any atom is -0.352 e. The molecule has 5 rings (SSSR count). The highest BCUT2D eigenvalue weighted by Crippen LogP contribution is 2.61. The Morgan fingerprint density at radius 1 is 1.09 bits per heavy atom. The summed E-state index contributed by atoms with van der Waals surface area (Å²) < 4.78 is 0. The molecule has 0 aromatic heterocycles. The van der Waals surface area contributed by atoms with Crippen molar-refractivity contribution < 1.29 is 4.79 Å². The summed E-state index contributed by atoms with van der Waals surface area (Å²) in [7, 11) is 0. The van der Waals surface area contributed by atoms with Crippen LogP contribution < -0.4 is 5.32 Å². The molecule has 1 aliphatic heterocycles. The zero-order valence-electron chi connectivity index (χ0n) is 15.0. The number of rotatable bonds is 4. The maximum atomic E-state index is 12.5. The van der Waals surface area contributed by atoms with E-state index in [0.29, 0.717) is 18.0 Å². The van der Waals surface area contributed by atoms with Crippen LogP contribution in [0.25, 0.3) is 0 Å². The summed E-state index contributed by atoms with van der Waals surface area (Å²) in [5.74, 6) is 3.99. The molecule has 1 N–H and O–H groups in total. The van der Waals surface area contributed by atoms with E-state index >= 15 is 0 Å². The molecule has 4 saturated carbocycles. The Bertz CT molecular complexity index is 417. The Balaban J connectivity index is 1.33. The monoisotopic (exact) mass is 318 g/mol. The summed E-state index contributed by atoms with van der Waals surface area (Å²) in [4.78, 5) is 14.9. The quantitative estimate of drug-likeness (QED) is 0.861. The van der Waals surface area contributed by atoms with Gasteiger partial charge in [-0.05, 0) is 100 Å². The molecule has 5 fully saturated rings. The largest absolute Gasteiger partial charge is 0.352 e. The summed E-state index contributed by atoms with van der Waals surface area (Å²) in [5, 5.41) is 3.41. The minimum atomic E-state index is 0.266. The maximum absolute atomic E-state index is 12.5. The van der Waals surface area contributed by atoms with Gasteiger partial charge in [0.25, 0.3) is 0 Å². The third kappa shape index (κ3) is 3.18. The van der Waals surface area contributed by atoms with Crippen LogP contribution in [0, 0.1) is 29.1 Å². The second-order valence-electron chi connectivity index (χ2n) is 9.53. The number of piperidine rings is 1. The number of carbonyl (C=O) groups is 1. The molecule has 1 heterocycles. The highest BCUT2D eigenvalue weighted by molar-refractivity contribution is 5.78. The van der Waals surface area contributed by atoms with Gasteiger partial charge in [-0.2, -0.15) is 0 Å². The lowest BCUT2D eigenvalue weighted by molar-refractivity contribution is -0.127. The summed E-state index contributed by atoms with van der Waals surface area (Å²) in [6.07, 6.45) is 11.1. The Morgan fingerprint density at radius 2 is 1.61 bits per heavy atom. The number of nitrogens with zero attached hydrogens (tertiary/aromatic N) is 1. The normalized spacial score (nSPS) is 41.9. The van der Waals surface area contributed by atoms with Crippen LogP contribution in [0.5, 0.6) is 0 Å². The van der Waals surface area contributed by atoms with Gasteiger partial charge in [0.05, 0.1) is 6.54 Å². The van der Waals surface area contributed by atoms with Crippen molar-refractivity contribution in [1.29, 1.82) is 0 Å². The molecular formula is C20H34N2O. The second-order valence-corrected chi connectivity index (χ2v) is 9.53. The summed E-state index contributed by atoms with van der Waals surface area (Å²) in [6.45, 7) is 7.43. The van der Waals surface area contributed by atoms with Crippen LogP contribution in [0.15, 0.2) is 0 Å². The molecule has 0 aromatic carbocycles. The van der Waals surface area contributed by atoms with Gasteiger partial charge in [0.2, 0.25) is 5.91 Å². The Hall–Kier alpha value is -0.570. The van der Waals surface area contributed by atoms with Crippen LogP contribution in [-0.2, 0) is 4.79 Å². The standard InChI is InChI=1S/C20H34N2O/c1-14-3-5-22(6-4-14)13-19(23)21-15(2)20-10-16-7-17(11-20)9-18(8-16)12-20/h14-18H,3-13H2,1-2H3,(H,21,23)/t15-,16?,17?,18?,20?/m1/s1. The van der Waals surface area contributed by atoms with E-state index < -0.39 is 0 Å². The van der Waals surface area contributed by atoms with E-state index in [1.54, 1.807) is 0 Å². The van der Waals surface area contributed by atoms with E-state index in [9.17, 15) is 4.79 Å². The van der Waals surface area contributed by atoms with Crippen LogP contribution in [0.3, 0.4) is 0 Å². The van der Waals surface area contributed by atoms with Gasteiger partial charge in [0.1, 0.15) is 0 Å². The molecule has 130 valence electrons. The smallest absolute Gasteiger partial charge is 0.234 e. The number of nitrogens with one attached hydrogen (secondary N) is 1. The van der Waals surface area contributed by atoms with Gasteiger partial charge in [0, 0.05) is 6.04 Å². The van der Waals surface area contributed by atoms with Crippen molar-refractivity contribution in [3.05, 3.63) is 0 Å². The fraction of sp³-hybridized carbons (Fsp3) is 0.950. The van der Waals surface area contributed by atoms with Gasteiger partial charge < -0.3 is 5.32 Å². The van der Waals surface area contributed by atoms with E-state index in [4.69, 9.17) is 0 Å². The van der Waals surface area contributed by atoms with Crippen LogP contribution >= 0.6 is 0 Å². The van der Waals surface area contributed by atoms with Crippen molar-refractivity contribution in [2.75, 3.05) is 19.6 Å². The first kappa shape index (κ1) is 15.9. The van der Waals surface area contributed by atoms with Gasteiger partial charge in [0.15, 0.2) is 0 Å². The number of amides is 1. The van der Waals surface area contributed by atoms with Gasteiger partial charge in [-0.15, -0.1) is 0 Å². The fourth-order valence-corrected chi connectivity index (χ4v) is 6.57. The molecule has 4 aliphatic carbocycles. The van der Waals surface area contributed by atoms with Crippen molar-refractivity contribution in [3.63, 3.8) is 0 Å². The lowest BCUT2D eigenvalue weighted by Gasteiger charge is -2.59. The number of hydrogen-bond donors (Lipinski definition) is 1. The van der Waals surface area contributed by atoms with E-state index in [1.165, 1.54) is 51.4 Å². The molecule has 0 aromatic rings. The van der Waals surface area contributed by atoms with E-state index in [-0.39, 0.29) is 5.91 Å². The Labute approximate surface area is 141 Å². The van der Waals surface area contributed by atoms with Crippen molar-refractivity contribution >= 4 is 5.91 Å². The average Bonchev–Trinajstić information content (AvgIpc) is 2.48. The molecule has 4 bridgehead atoms. The molecule has 23 heavy (non-hydrogen) atoms. The third-order valence-corrected chi connectivity index (χ3v) is 7.63. The van der Waals surface area contributed by atoms with Crippen LogP contribution in [-0.4, -0.2) is 36.5 Å². The number of likely N-dealkylation sites (tertiary alicyclic amines) is 1. The fourth-order valence-electron chi connectivity index (χ4n) is 6.57. The first-order valence-electron chi connectivity index (χ1n) is 10.0. The zero-order chi connectivity index (χ0) is 16.0. The summed E-state index contributed by atoms with van der Waals surface area (Å²) in [6, 6.07) is 0.368. The minimum absolute atomic E-state index is 0.266. The summed E-state index contributed by atoms with van der Waals surface area (Å²) >= 11 is 0. The highest BCUT2D eigenvalue weighted by atomic mass is 16.2. The van der Waals surface area contributed by atoms with Crippen molar-refractivity contribution in [3.8, 4) is 0 Å². The van der Waals surface area contributed by atoms with Crippen molar-refractivity contribution in [1.82, 2.24) is 10.2 Å². The van der Waals surface area contributed by atoms with Gasteiger partial charge >= 0.3 is 0 Å². The lowest BCUT2D eigenvalue weighted by Crippen LogP contribution is -2.56. The van der Waals surface area contributed by atoms with Crippen molar-refractivity contribution in [2.24, 2.45) is 29.1 Å². The summed E-state index contributed by atoms with van der Waals surface area (Å²) in [5.41, 5.74) is 0.431. The van der Waals surface area contributed by atoms with Crippen LogP contribution in [0.1, 0.15) is 65.2 Å². The van der Waals surface area contributed by atoms with Crippen LogP contribution in [0.4, 0.5) is 0 Å². The second kappa shape index (κ2) is 6.06. The predicted octanol–water partition coefficient (Wildman–Crippen LogP) is 3.44. The lowest BCUT2D eigenvalue weighted by atomic mass is 9.48. The van der Waals surface area contributed by atoms with Crippen LogP contribution in [0.2, 0.25) is 0 Å². The molecule has 5 aliphatic rings. The first-order chi connectivity index (χ1) is 11.0. The molecule has 0 unspecified atom stereocenters. The van der Waals surface area contributed by atoms with Gasteiger partial charge in [-0.25, -0.2) is 0 Å². The van der Waals surface area contributed by atoms with Gasteiger partial charge in [-0.3, -0.25) is 9.69 Å². The van der Waals surface area contributed by atoms with E-state index in [2.05, 4.69) is 24.1 Å². The number of hydrogen-bond acceptors (Lipinski definition) is 2. The molecule has 3 heteroatoms. The molecular weight excluding hydrogens is 284 g/mol. The highest BCUT2D eigenvalue weighted by Gasteiger charge is 2.53. The third-order valence-electron chi connectivity index (χ3n) is 7.63. The topological polar surface area (TPSA) is 32.3 Å². The average molecular weight is 319 g/mol. The Kier molecular flexibility index (Phi) is 4.19. The SMILES string of the molecule is CC1CCN(CC(=O)N[C@H](C)C23CC4CC(CC(C4)C2)C3)CC1. The molecule has 1 atom stereocenters. The first-order valence-corrected chi connectivity index (χ1v) is 10.0. The number of carbonyl (C=O) groups excluding carboxylic acids is 1. The molecule has 0 radical (unpaired) electrons. The molecule has 0 spiro atoms. The van der Waals surface area contributed by atoms with Gasteiger partial charge in [-0.1, -0.05) is 6.92 Å². The Morgan fingerprint density at radius 3 is 2.13 bits per heavy atom. The van der Waals surface area contributed by atoms with E-state index in [1.807, 2.05) is 0 Å². The zero-order valence-corrected chi connectivity index (χ0v) is 15.0. The molecule has 1 saturated heterocycles. The predicted molar refractivity (Wildman–Crippen MR) is 93.0 cm³/mol. The maximum Gasteiger partial charge on any atom is 0.234 e. The van der Waals surface area contributed by atoms with E-state index in [0.717, 1.165) is 36.8 Å². The molecule has 3 nitrogen and oxygen atoms in total.